The Labute approximate surface area is 313 Å². The van der Waals surface area contributed by atoms with Gasteiger partial charge in [-0.2, -0.15) is 0 Å². The van der Waals surface area contributed by atoms with Crippen LogP contribution < -0.4 is 4.74 Å². The molecule has 0 radical (unpaired) electrons. The molecule has 4 aliphatic carbocycles. The lowest BCUT2D eigenvalue weighted by Crippen LogP contribution is -2.46. The summed E-state index contributed by atoms with van der Waals surface area (Å²) in [6.07, 6.45) is 22.3. The number of aromatic nitrogens is 1. The quantitative estimate of drug-likeness (QED) is 0.153. The molecule has 0 aliphatic heterocycles. The lowest BCUT2D eigenvalue weighted by molar-refractivity contribution is -0.0632. The van der Waals surface area contributed by atoms with Gasteiger partial charge in [-0.1, -0.05) is 100 Å². The van der Waals surface area contributed by atoms with Crippen molar-refractivity contribution in [1.82, 2.24) is 4.98 Å². The Morgan fingerprint density at radius 1 is 0.686 bits per heavy atom. The van der Waals surface area contributed by atoms with Crippen LogP contribution in [-0.4, -0.2) is 24.8 Å². The standard InChI is InChI=1S/C15H22F2O.C14H24.C9H20O.C8H11N/c1-12(2)7-5-3-4-6-8-18-15-10-13(16)9-14(17)11-15;1-10(2)6-14-7-11-3-12(8-14)5-13(4-11)9-14;1-4-5-7-10-8-6-9(2)3;1-7(2)8-5-3-4-6-9-8/h9-12H,3-8H2,1-2H3;10-13H,3-9H2,1-2H3;9H,4-8H2,1-3H3;3-7H,1-2H3. The maximum absolute atomic E-state index is 12.9. The van der Waals surface area contributed by atoms with Crippen molar-refractivity contribution in [2.75, 3.05) is 19.8 Å². The van der Waals surface area contributed by atoms with E-state index in [9.17, 15) is 8.78 Å². The van der Waals surface area contributed by atoms with Crippen molar-refractivity contribution in [3.8, 4) is 5.75 Å². The summed E-state index contributed by atoms with van der Waals surface area (Å²) in [4.78, 5) is 4.18. The molecule has 0 amide bonds. The van der Waals surface area contributed by atoms with E-state index in [0.29, 0.717) is 12.5 Å². The van der Waals surface area contributed by atoms with Crippen molar-refractivity contribution < 1.29 is 18.3 Å². The number of ether oxygens (including phenoxy) is 2. The maximum Gasteiger partial charge on any atom is 0.129 e. The van der Waals surface area contributed by atoms with E-state index in [1.807, 2.05) is 24.4 Å². The van der Waals surface area contributed by atoms with Gasteiger partial charge in [0.15, 0.2) is 0 Å². The molecule has 0 atom stereocenters. The normalized spacial score (nSPS) is 21.6. The highest BCUT2D eigenvalue weighted by molar-refractivity contribution is 5.23. The number of hydrogen-bond acceptors (Lipinski definition) is 3. The third-order valence-corrected chi connectivity index (χ3v) is 10.5. The molecular weight excluding hydrogens is 637 g/mol. The van der Waals surface area contributed by atoms with Gasteiger partial charge in [-0.15, -0.1) is 0 Å². The first-order valence-electron chi connectivity index (χ1n) is 20.9. The van der Waals surface area contributed by atoms with Gasteiger partial charge in [0.2, 0.25) is 0 Å². The smallest absolute Gasteiger partial charge is 0.129 e. The first-order valence-corrected chi connectivity index (χ1v) is 20.9. The fourth-order valence-corrected chi connectivity index (χ4v) is 8.60. The molecule has 0 spiro atoms. The van der Waals surface area contributed by atoms with Crippen molar-refractivity contribution in [2.24, 2.45) is 40.9 Å². The Bertz CT molecular complexity index is 1090. The first-order chi connectivity index (χ1) is 24.3. The highest BCUT2D eigenvalue weighted by Crippen LogP contribution is 2.61. The molecule has 292 valence electrons. The maximum atomic E-state index is 12.9. The van der Waals surface area contributed by atoms with E-state index in [2.05, 4.69) is 67.3 Å². The highest BCUT2D eigenvalue weighted by atomic mass is 19.1. The van der Waals surface area contributed by atoms with Crippen molar-refractivity contribution in [3.63, 3.8) is 0 Å². The van der Waals surface area contributed by atoms with Crippen LogP contribution in [-0.2, 0) is 4.74 Å². The second kappa shape index (κ2) is 25.1. The fourth-order valence-electron chi connectivity index (χ4n) is 8.60. The van der Waals surface area contributed by atoms with Crippen molar-refractivity contribution >= 4 is 0 Å². The molecule has 4 bridgehead atoms. The Morgan fingerprint density at radius 3 is 1.75 bits per heavy atom. The van der Waals surface area contributed by atoms with Gasteiger partial charge in [-0.05, 0) is 123 Å². The molecule has 4 aliphatic rings. The number of rotatable bonds is 17. The number of halogens is 2. The summed E-state index contributed by atoms with van der Waals surface area (Å²) in [5.41, 5.74) is 1.99. The predicted molar refractivity (Wildman–Crippen MR) is 213 cm³/mol. The minimum Gasteiger partial charge on any atom is -0.493 e. The summed E-state index contributed by atoms with van der Waals surface area (Å²) < 4.78 is 36.4. The molecule has 0 unspecified atom stereocenters. The van der Waals surface area contributed by atoms with E-state index in [1.165, 1.54) is 57.1 Å². The molecule has 4 fully saturated rings. The van der Waals surface area contributed by atoms with E-state index in [-0.39, 0.29) is 5.75 Å². The van der Waals surface area contributed by atoms with Crippen molar-refractivity contribution in [1.29, 1.82) is 0 Å². The van der Waals surface area contributed by atoms with Gasteiger partial charge in [0.25, 0.3) is 0 Å². The summed E-state index contributed by atoms with van der Waals surface area (Å²) in [7, 11) is 0. The number of hydrogen-bond donors (Lipinski definition) is 0. The fraction of sp³-hybridized carbons (Fsp3) is 0.761. The molecule has 1 aromatic heterocycles. The van der Waals surface area contributed by atoms with Crippen LogP contribution in [0.4, 0.5) is 8.78 Å². The lowest BCUT2D eigenvalue weighted by atomic mass is 9.48. The zero-order valence-electron chi connectivity index (χ0n) is 34.3. The van der Waals surface area contributed by atoms with Gasteiger partial charge in [0.05, 0.1) is 6.61 Å². The number of unbranched alkanes of at least 4 members (excludes halogenated alkanes) is 4. The number of nitrogens with zero attached hydrogens (tertiary/aromatic N) is 1. The summed E-state index contributed by atoms with van der Waals surface area (Å²) in [5.74, 6) is 5.51. The second-order valence-corrected chi connectivity index (χ2v) is 17.6. The van der Waals surface area contributed by atoms with Crippen molar-refractivity contribution in [3.05, 3.63) is 59.9 Å². The minimum absolute atomic E-state index is 0.273. The van der Waals surface area contributed by atoms with Crippen LogP contribution in [0.25, 0.3) is 0 Å². The Balaban J connectivity index is 0.000000245. The van der Waals surface area contributed by atoms with Crippen molar-refractivity contribution in [2.45, 2.75) is 165 Å². The molecule has 0 saturated heterocycles. The Hall–Kier alpha value is -2.01. The largest absolute Gasteiger partial charge is 0.493 e. The van der Waals surface area contributed by atoms with E-state index in [4.69, 9.17) is 9.47 Å². The zero-order valence-corrected chi connectivity index (χ0v) is 34.3. The Morgan fingerprint density at radius 2 is 1.27 bits per heavy atom. The van der Waals surface area contributed by atoms with Crippen LogP contribution in [0.5, 0.6) is 5.75 Å². The summed E-state index contributed by atoms with van der Waals surface area (Å²) in [5, 5.41) is 0. The van der Waals surface area contributed by atoms with Gasteiger partial charge in [-0.3, -0.25) is 4.98 Å². The average molecular weight is 714 g/mol. The van der Waals surface area contributed by atoms with Gasteiger partial charge in [0.1, 0.15) is 17.4 Å². The lowest BCUT2D eigenvalue weighted by Gasteiger charge is -2.57. The molecule has 6 rings (SSSR count). The first kappa shape index (κ1) is 45.1. The van der Waals surface area contributed by atoms with E-state index in [0.717, 1.165) is 78.7 Å². The molecule has 4 saturated carbocycles. The summed E-state index contributed by atoms with van der Waals surface area (Å²) >= 11 is 0. The zero-order chi connectivity index (χ0) is 37.6. The summed E-state index contributed by atoms with van der Waals surface area (Å²) in [6.45, 7) is 22.6. The Kier molecular flexibility index (Phi) is 22.2. The number of benzene rings is 1. The van der Waals surface area contributed by atoms with Gasteiger partial charge in [0, 0.05) is 43.3 Å². The van der Waals surface area contributed by atoms with Gasteiger partial charge in [-0.25, -0.2) is 8.78 Å². The molecule has 2 aromatic rings. The van der Waals surface area contributed by atoms with Crippen LogP contribution in [0.2, 0.25) is 0 Å². The molecule has 0 N–H and O–H groups in total. The van der Waals surface area contributed by atoms with Crippen LogP contribution in [0, 0.1) is 52.6 Å². The van der Waals surface area contributed by atoms with Gasteiger partial charge >= 0.3 is 0 Å². The van der Waals surface area contributed by atoms with Crippen LogP contribution >= 0.6 is 0 Å². The molecule has 3 nitrogen and oxygen atoms in total. The molecule has 5 heteroatoms. The average Bonchev–Trinajstić information content (AvgIpc) is 3.04. The molecular formula is C46H77F2NO2. The van der Waals surface area contributed by atoms with Crippen LogP contribution in [0.1, 0.15) is 170 Å². The molecule has 1 aromatic carbocycles. The topological polar surface area (TPSA) is 31.4 Å². The second-order valence-electron chi connectivity index (χ2n) is 17.6. The third-order valence-electron chi connectivity index (χ3n) is 10.5. The van der Waals surface area contributed by atoms with E-state index >= 15 is 0 Å². The monoisotopic (exact) mass is 714 g/mol. The highest BCUT2D eigenvalue weighted by Gasteiger charge is 2.50. The summed E-state index contributed by atoms with van der Waals surface area (Å²) in [6, 6.07) is 9.27. The van der Waals surface area contributed by atoms with E-state index < -0.39 is 11.6 Å². The minimum atomic E-state index is -0.595. The van der Waals surface area contributed by atoms with Crippen LogP contribution in [0.15, 0.2) is 42.6 Å². The van der Waals surface area contributed by atoms with E-state index in [1.54, 1.807) is 38.5 Å². The van der Waals surface area contributed by atoms with Crippen LogP contribution in [0.3, 0.4) is 0 Å². The number of pyridine rings is 1. The SMILES string of the molecule is CC(C)CC12CC3CC(CC(C3)C1)C2.CC(C)CCCCCCOc1cc(F)cc(F)c1.CC(C)c1ccccn1.CCCCOCCC(C)C. The third kappa shape index (κ3) is 20.1. The van der Waals surface area contributed by atoms with Gasteiger partial charge < -0.3 is 9.47 Å². The molecule has 1 heterocycles. The molecule has 51 heavy (non-hydrogen) atoms. The predicted octanol–water partition coefficient (Wildman–Crippen LogP) is 14.3.